The zero-order valence-corrected chi connectivity index (χ0v) is 12.6. The molecule has 2 atom stereocenters. The number of carbonyl (C=O) groups is 2. The van der Waals surface area contributed by atoms with Crippen molar-refractivity contribution in [2.75, 3.05) is 18.1 Å². The molecule has 0 radical (unpaired) electrons. The molecule has 0 spiro atoms. The fraction of sp³-hybridized carbons (Fsp3) is 0.833. The van der Waals surface area contributed by atoms with Gasteiger partial charge in [-0.15, -0.1) is 0 Å². The highest BCUT2D eigenvalue weighted by atomic mass is 32.2. The van der Waals surface area contributed by atoms with E-state index >= 15 is 0 Å². The third-order valence-electron chi connectivity index (χ3n) is 3.38. The standard InChI is InChI=1S/C12H22N2O5S/c1-9(3-4-10(15)16)7-13-11(17)14-12(2)5-6-20(18,19)8-12/h9H,3-8H2,1-2H3,(H,15,16)(H2,13,14,17). The fourth-order valence-electron chi connectivity index (χ4n) is 2.17. The summed E-state index contributed by atoms with van der Waals surface area (Å²) in [5.41, 5.74) is -0.715. The highest BCUT2D eigenvalue weighted by Gasteiger charge is 2.39. The van der Waals surface area contributed by atoms with Gasteiger partial charge in [-0.25, -0.2) is 13.2 Å². The Bertz CT molecular complexity index is 476. The van der Waals surface area contributed by atoms with Gasteiger partial charge in [-0.3, -0.25) is 4.79 Å². The van der Waals surface area contributed by atoms with E-state index in [0.717, 1.165) is 0 Å². The summed E-state index contributed by atoms with van der Waals surface area (Å²) in [5.74, 6) is -0.747. The number of carboxylic acid groups (broad SMARTS) is 1. The number of nitrogens with one attached hydrogen (secondary N) is 2. The Hall–Kier alpha value is -1.31. The Morgan fingerprint density at radius 1 is 1.40 bits per heavy atom. The number of hydrogen-bond acceptors (Lipinski definition) is 4. The maximum Gasteiger partial charge on any atom is 0.315 e. The predicted octanol–water partition coefficient (Wildman–Crippen LogP) is 0.364. The van der Waals surface area contributed by atoms with Crippen molar-refractivity contribution in [3.8, 4) is 0 Å². The molecule has 0 aliphatic carbocycles. The Morgan fingerprint density at radius 3 is 2.55 bits per heavy atom. The highest BCUT2D eigenvalue weighted by Crippen LogP contribution is 2.22. The Morgan fingerprint density at radius 2 is 2.05 bits per heavy atom. The first kappa shape index (κ1) is 16.7. The van der Waals surface area contributed by atoms with Crippen LogP contribution in [0.25, 0.3) is 0 Å². The molecule has 0 bridgehead atoms. The molecule has 8 heteroatoms. The molecule has 1 aliphatic heterocycles. The minimum absolute atomic E-state index is 0.0397. The van der Waals surface area contributed by atoms with Gasteiger partial charge in [-0.1, -0.05) is 6.92 Å². The summed E-state index contributed by atoms with van der Waals surface area (Å²) in [6.45, 7) is 3.93. The van der Waals surface area contributed by atoms with Crippen LogP contribution in [0.4, 0.5) is 4.79 Å². The fourth-order valence-corrected chi connectivity index (χ4v) is 4.26. The van der Waals surface area contributed by atoms with Gasteiger partial charge in [-0.05, 0) is 25.7 Å². The van der Waals surface area contributed by atoms with Crippen LogP contribution in [0.15, 0.2) is 0 Å². The number of carboxylic acids is 1. The van der Waals surface area contributed by atoms with Crippen LogP contribution in [0.3, 0.4) is 0 Å². The molecule has 1 saturated heterocycles. The zero-order chi connectivity index (χ0) is 15.4. The molecule has 1 aliphatic rings. The number of aliphatic carboxylic acids is 1. The van der Waals surface area contributed by atoms with Gasteiger partial charge in [0.05, 0.1) is 17.0 Å². The first-order chi connectivity index (χ1) is 9.12. The second kappa shape index (κ2) is 6.43. The van der Waals surface area contributed by atoms with Gasteiger partial charge in [0.1, 0.15) is 0 Å². The van der Waals surface area contributed by atoms with Crippen molar-refractivity contribution >= 4 is 21.8 Å². The molecule has 1 fully saturated rings. The molecule has 2 amide bonds. The van der Waals surface area contributed by atoms with E-state index in [1.807, 2.05) is 6.92 Å². The Labute approximate surface area is 119 Å². The van der Waals surface area contributed by atoms with Crippen molar-refractivity contribution in [1.29, 1.82) is 0 Å². The number of urea groups is 1. The summed E-state index contributed by atoms with van der Waals surface area (Å²) < 4.78 is 22.8. The summed E-state index contributed by atoms with van der Waals surface area (Å²) >= 11 is 0. The van der Waals surface area contributed by atoms with Crippen molar-refractivity contribution < 1.29 is 23.1 Å². The van der Waals surface area contributed by atoms with Crippen LogP contribution in [-0.2, 0) is 14.6 Å². The number of carbonyl (C=O) groups excluding carboxylic acids is 1. The topological polar surface area (TPSA) is 113 Å². The van der Waals surface area contributed by atoms with Crippen LogP contribution in [0.2, 0.25) is 0 Å². The molecule has 7 nitrogen and oxygen atoms in total. The quantitative estimate of drug-likeness (QED) is 0.656. The predicted molar refractivity (Wildman–Crippen MR) is 74.2 cm³/mol. The summed E-state index contributed by atoms with van der Waals surface area (Å²) in [6, 6.07) is -0.410. The second-order valence-electron chi connectivity index (χ2n) is 5.78. The van der Waals surface area contributed by atoms with Gasteiger partial charge in [0.15, 0.2) is 9.84 Å². The van der Waals surface area contributed by atoms with Crippen molar-refractivity contribution in [3.63, 3.8) is 0 Å². The lowest BCUT2D eigenvalue weighted by Crippen LogP contribution is -2.51. The lowest BCUT2D eigenvalue weighted by molar-refractivity contribution is -0.137. The largest absolute Gasteiger partial charge is 0.481 e. The van der Waals surface area contributed by atoms with Gasteiger partial charge in [0.2, 0.25) is 0 Å². The van der Waals surface area contributed by atoms with E-state index in [4.69, 9.17) is 5.11 Å². The lowest BCUT2D eigenvalue weighted by atomic mass is 10.0. The number of hydrogen-bond donors (Lipinski definition) is 3. The van der Waals surface area contributed by atoms with Gasteiger partial charge in [-0.2, -0.15) is 0 Å². The van der Waals surface area contributed by atoms with Gasteiger partial charge < -0.3 is 15.7 Å². The Balaban J connectivity index is 2.32. The van der Waals surface area contributed by atoms with Gasteiger partial charge >= 0.3 is 12.0 Å². The molecule has 3 N–H and O–H groups in total. The van der Waals surface area contributed by atoms with Crippen molar-refractivity contribution in [1.82, 2.24) is 10.6 Å². The number of rotatable bonds is 6. The molecular formula is C12H22N2O5S. The second-order valence-corrected chi connectivity index (χ2v) is 7.96. The van der Waals surface area contributed by atoms with Crippen LogP contribution < -0.4 is 10.6 Å². The van der Waals surface area contributed by atoms with Crippen molar-refractivity contribution in [2.45, 2.75) is 38.6 Å². The van der Waals surface area contributed by atoms with E-state index < -0.39 is 27.4 Å². The van der Waals surface area contributed by atoms with Crippen molar-refractivity contribution in [2.24, 2.45) is 5.92 Å². The molecule has 1 heterocycles. The lowest BCUT2D eigenvalue weighted by Gasteiger charge is -2.24. The van der Waals surface area contributed by atoms with Crippen LogP contribution in [-0.4, -0.2) is 49.1 Å². The average molecular weight is 306 g/mol. The Kier molecular flexibility index (Phi) is 5.38. The molecule has 0 aromatic rings. The van der Waals surface area contributed by atoms with Gasteiger partial charge in [0.25, 0.3) is 0 Å². The SMILES string of the molecule is CC(CCC(=O)O)CNC(=O)NC1(C)CCS(=O)(=O)C1. The van der Waals surface area contributed by atoms with Crippen LogP contribution in [0.1, 0.15) is 33.1 Å². The summed E-state index contributed by atoms with van der Waals surface area (Å²) in [5, 5.41) is 13.9. The average Bonchev–Trinajstić information content (AvgIpc) is 2.58. The molecule has 2 unspecified atom stereocenters. The van der Waals surface area contributed by atoms with Gasteiger partial charge in [0, 0.05) is 13.0 Å². The third kappa shape index (κ3) is 5.77. The molecule has 20 heavy (non-hydrogen) atoms. The maximum atomic E-state index is 11.7. The highest BCUT2D eigenvalue weighted by molar-refractivity contribution is 7.91. The number of amides is 2. The summed E-state index contributed by atoms with van der Waals surface area (Å²) in [7, 11) is -3.06. The smallest absolute Gasteiger partial charge is 0.315 e. The minimum Gasteiger partial charge on any atom is -0.481 e. The molecule has 1 rings (SSSR count). The maximum absolute atomic E-state index is 11.7. The van der Waals surface area contributed by atoms with E-state index in [1.54, 1.807) is 6.92 Å². The first-order valence-electron chi connectivity index (χ1n) is 6.60. The van der Waals surface area contributed by atoms with E-state index in [1.165, 1.54) is 0 Å². The van der Waals surface area contributed by atoms with Crippen LogP contribution >= 0.6 is 0 Å². The number of sulfone groups is 1. The van der Waals surface area contributed by atoms with E-state index in [-0.39, 0.29) is 23.8 Å². The van der Waals surface area contributed by atoms with E-state index in [9.17, 15) is 18.0 Å². The first-order valence-corrected chi connectivity index (χ1v) is 8.42. The molecule has 0 aromatic heterocycles. The molecule has 116 valence electrons. The van der Waals surface area contributed by atoms with Crippen LogP contribution in [0.5, 0.6) is 0 Å². The monoisotopic (exact) mass is 306 g/mol. The summed E-state index contributed by atoms with van der Waals surface area (Å²) in [6.07, 6.45) is 0.971. The summed E-state index contributed by atoms with van der Waals surface area (Å²) in [4.78, 5) is 22.1. The van der Waals surface area contributed by atoms with Crippen molar-refractivity contribution in [3.05, 3.63) is 0 Å². The normalized spacial score (nSPS) is 25.9. The third-order valence-corrected chi connectivity index (χ3v) is 5.28. The molecule has 0 saturated carbocycles. The van der Waals surface area contributed by atoms with Crippen LogP contribution in [0, 0.1) is 5.92 Å². The van der Waals surface area contributed by atoms with E-state index in [0.29, 0.717) is 19.4 Å². The molecule has 0 aromatic carbocycles. The minimum atomic E-state index is -3.06. The van der Waals surface area contributed by atoms with E-state index in [2.05, 4.69) is 10.6 Å². The zero-order valence-electron chi connectivity index (χ0n) is 11.8. The molecular weight excluding hydrogens is 284 g/mol.